The average molecular weight is 356 g/mol. The van der Waals surface area contributed by atoms with Gasteiger partial charge < -0.3 is 5.43 Å². The highest BCUT2D eigenvalue weighted by molar-refractivity contribution is 9.10. The molecule has 0 unspecified atom stereocenters. The second kappa shape index (κ2) is 5.82. The summed E-state index contributed by atoms with van der Waals surface area (Å²) >= 11 is 3.32. The summed E-state index contributed by atoms with van der Waals surface area (Å²) in [4.78, 5) is 0.171. The van der Waals surface area contributed by atoms with E-state index in [-0.39, 0.29) is 4.90 Å². The first-order valence-corrected chi connectivity index (χ1v) is 8.05. The van der Waals surface area contributed by atoms with Crippen LogP contribution < -0.4 is 16.0 Å². The fourth-order valence-corrected chi connectivity index (χ4v) is 3.20. The summed E-state index contributed by atoms with van der Waals surface area (Å²) in [5, 5.41) is 0. The van der Waals surface area contributed by atoms with Gasteiger partial charge in [-0.2, -0.15) is 0 Å². The van der Waals surface area contributed by atoms with E-state index in [2.05, 4.69) is 26.1 Å². The number of nitrogens with two attached hydrogens (primary N) is 1. The van der Waals surface area contributed by atoms with Gasteiger partial charge in [-0.3, -0.25) is 10.6 Å². The third kappa shape index (κ3) is 3.30. The summed E-state index contributed by atoms with van der Waals surface area (Å²) in [5.41, 5.74) is 4.56. The van der Waals surface area contributed by atoms with Gasteiger partial charge in [0.2, 0.25) is 0 Å². The Bertz CT molecular complexity index is 715. The standard InChI is InChI=1S/C13H14BrN3O2S/c1-9-2-7-12(14)13(8-9)17-20(18,19)11-5-3-10(16-15)4-6-11/h2-8,16-17H,15H2,1H3. The molecule has 2 aromatic carbocycles. The van der Waals surface area contributed by atoms with E-state index in [1.54, 1.807) is 24.3 Å². The molecule has 0 radical (unpaired) electrons. The summed E-state index contributed by atoms with van der Waals surface area (Å²) in [6.45, 7) is 1.89. The van der Waals surface area contributed by atoms with Gasteiger partial charge in [-0.1, -0.05) is 6.07 Å². The Balaban J connectivity index is 2.32. The summed E-state index contributed by atoms with van der Waals surface area (Å²) in [6, 6.07) is 11.6. The Labute approximate surface area is 126 Å². The minimum Gasteiger partial charge on any atom is -0.324 e. The highest BCUT2D eigenvalue weighted by atomic mass is 79.9. The number of hydrazine groups is 1. The van der Waals surface area contributed by atoms with Crippen molar-refractivity contribution in [2.45, 2.75) is 11.8 Å². The van der Waals surface area contributed by atoms with E-state index in [0.717, 1.165) is 5.56 Å². The van der Waals surface area contributed by atoms with Crippen LogP contribution in [0.3, 0.4) is 0 Å². The van der Waals surface area contributed by atoms with Crippen LogP contribution in [0.25, 0.3) is 0 Å². The van der Waals surface area contributed by atoms with Crippen molar-refractivity contribution in [3.8, 4) is 0 Å². The van der Waals surface area contributed by atoms with Gasteiger partial charge in [0.25, 0.3) is 10.0 Å². The van der Waals surface area contributed by atoms with E-state index in [9.17, 15) is 8.42 Å². The second-order valence-corrected chi connectivity index (χ2v) is 6.79. The molecule has 4 N–H and O–H groups in total. The summed E-state index contributed by atoms with van der Waals surface area (Å²) in [6.07, 6.45) is 0. The van der Waals surface area contributed by atoms with E-state index in [1.807, 2.05) is 13.0 Å². The molecule has 0 saturated carbocycles. The lowest BCUT2D eigenvalue weighted by Crippen LogP contribution is -2.14. The lowest BCUT2D eigenvalue weighted by molar-refractivity contribution is 0.601. The Kier molecular flexibility index (Phi) is 4.32. The van der Waals surface area contributed by atoms with E-state index in [4.69, 9.17) is 5.84 Å². The van der Waals surface area contributed by atoms with Gasteiger partial charge >= 0.3 is 0 Å². The molecule has 0 saturated heterocycles. The molecule has 2 rings (SSSR count). The summed E-state index contributed by atoms with van der Waals surface area (Å²) in [5.74, 6) is 5.25. The highest BCUT2D eigenvalue weighted by Crippen LogP contribution is 2.26. The van der Waals surface area contributed by atoms with Gasteiger partial charge in [0.15, 0.2) is 0 Å². The van der Waals surface area contributed by atoms with Crippen molar-refractivity contribution in [3.63, 3.8) is 0 Å². The zero-order valence-electron chi connectivity index (χ0n) is 10.7. The van der Waals surface area contributed by atoms with Crippen LogP contribution in [0.1, 0.15) is 5.56 Å². The van der Waals surface area contributed by atoms with E-state index >= 15 is 0 Å². The molecule has 0 atom stereocenters. The maximum absolute atomic E-state index is 12.3. The minimum absolute atomic E-state index is 0.171. The lowest BCUT2D eigenvalue weighted by Gasteiger charge is -2.11. The molecule has 0 heterocycles. The molecular weight excluding hydrogens is 342 g/mol. The van der Waals surface area contributed by atoms with Crippen LogP contribution >= 0.6 is 15.9 Å². The maximum atomic E-state index is 12.3. The Morgan fingerprint density at radius 2 is 1.75 bits per heavy atom. The Morgan fingerprint density at radius 1 is 1.10 bits per heavy atom. The quantitative estimate of drug-likeness (QED) is 0.581. The fraction of sp³-hybridized carbons (Fsp3) is 0.0769. The molecule has 5 nitrogen and oxygen atoms in total. The van der Waals surface area contributed by atoms with Crippen molar-refractivity contribution in [1.29, 1.82) is 0 Å². The molecule has 20 heavy (non-hydrogen) atoms. The number of hydrogen-bond donors (Lipinski definition) is 3. The number of benzene rings is 2. The first kappa shape index (κ1) is 14.8. The summed E-state index contributed by atoms with van der Waals surface area (Å²) in [7, 11) is -3.63. The number of halogens is 1. The van der Waals surface area contributed by atoms with Gasteiger partial charge in [0.05, 0.1) is 10.6 Å². The van der Waals surface area contributed by atoms with Gasteiger partial charge in [-0.25, -0.2) is 8.42 Å². The van der Waals surface area contributed by atoms with Crippen molar-refractivity contribution < 1.29 is 8.42 Å². The van der Waals surface area contributed by atoms with E-state index in [1.165, 1.54) is 12.1 Å². The first-order chi connectivity index (χ1) is 9.42. The minimum atomic E-state index is -3.63. The lowest BCUT2D eigenvalue weighted by atomic mass is 10.2. The number of hydrogen-bond acceptors (Lipinski definition) is 4. The van der Waals surface area contributed by atoms with E-state index < -0.39 is 10.0 Å². The van der Waals surface area contributed by atoms with Gasteiger partial charge in [-0.15, -0.1) is 0 Å². The van der Waals surface area contributed by atoms with Gasteiger partial charge in [0.1, 0.15) is 0 Å². The molecule has 0 aliphatic rings. The smallest absolute Gasteiger partial charge is 0.261 e. The van der Waals surface area contributed by atoms with Crippen molar-refractivity contribution in [2.75, 3.05) is 10.1 Å². The molecular formula is C13H14BrN3O2S. The van der Waals surface area contributed by atoms with Crippen LogP contribution in [-0.2, 0) is 10.0 Å². The predicted molar refractivity (Wildman–Crippen MR) is 83.9 cm³/mol. The van der Waals surface area contributed by atoms with Gasteiger partial charge in [-0.05, 0) is 64.8 Å². The zero-order valence-corrected chi connectivity index (χ0v) is 13.1. The van der Waals surface area contributed by atoms with Crippen LogP contribution in [0.2, 0.25) is 0 Å². The van der Waals surface area contributed by atoms with Crippen molar-refractivity contribution in [2.24, 2.45) is 5.84 Å². The van der Waals surface area contributed by atoms with Crippen LogP contribution in [0.4, 0.5) is 11.4 Å². The second-order valence-electron chi connectivity index (χ2n) is 4.26. The molecule has 0 spiro atoms. The maximum Gasteiger partial charge on any atom is 0.261 e. The number of aryl methyl sites for hydroxylation is 1. The molecule has 0 amide bonds. The topological polar surface area (TPSA) is 84.2 Å². The van der Waals surface area contributed by atoms with Crippen LogP contribution in [0.5, 0.6) is 0 Å². The van der Waals surface area contributed by atoms with Crippen LogP contribution in [-0.4, -0.2) is 8.42 Å². The Hall–Kier alpha value is -1.57. The van der Waals surface area contributed by atoms with Crippen molar-refractivity contribution in [1.82, 2.24) is 0 Å². The predicted octanol–water partition coefficient (Wildman–Crippen LogP) is 2.84. The molecule has 106 valence electrons. The molecule has 0 fully saturated rings. The number of rotatable bonds is 4. The van der Waals surface area contributed by atoms with Crippen molar-refractivity contribution >= 4 is 37.3 Å². The molecule has 2 aromatic rings. The van der Waals surface area contributed by atoms with Crippen LogP contribution in [0, 0.1) is 6.92 Å². The first-order valence-electron chi connectivity index (χ1n) is 5.78. The molecule has 0 aliphatic carbocycles. The number of nitrogen functional groups attached to an aromatic ring is 1. The normalized spacial score (nSPS) is 11.2. The summed E-state index contributed by atoms with van der Waals surface area (Å²) < 4.78 is 27.8. The Morgan fingerprint density at radius 3 is 2.35 bits per heavy atom. The molecule has 0 bridgehead atoms. The average Bonchev–Trinajstić information content (AvgIpc) is 2.43. The van der Waals surface area contributed by atoms with Crippen LogP contribution in [0.15, 0.2) is 51.8 Å². The van der Waals surface area contributed by atoms with Crippen molar-refractivity contribution in [3.05, 3.63) is 52.5 Å². The number of anilines is 2. The molecule has 0 aromatic heterocycles. The monoisotopic (exact) mass is 355 g/mol. The largest absolute Gasteiger partial charge is 0.324 e. The number of sulfonamides is 1. The fourth-order valence-electron chi connectivity index (χ4n) is 1.65. The third-order valence-electron chi connectivity index (χ3n) is 2.70. The zero-order chi connectivity index (χ0) is 14.8. The molecule has 0 aliphatic heterocycles. The third-order valence-corrected chi connectivity index (χ3v) is 4.77. The van der Waals surface area contributed by atoms with Gasteiger partial charge in [0, 0.05) is 10.2 Å². The molecule has 7 heteroatoms. The SMILES string of the molecule is Cc1ccc(Br)c(NS(=O)(=O)c2ccc(NN)cc2)c1. The van der Waals surface area contributed by atoms with E-state index in [0.29, 0.717) is 15.8 Å². The number of nitrogens with one attached hydrogen (secondary N) is 2. The highest BCUT2D eigenvalue weighted by Gasteiger charge is 2.15.